The van der Waals surface area contributed by atoms with Gasteiger partial charge in [0.2, 0.25) is 0 Å². The van der Waals surface area contributed by atoms with Crippen LogP contribution in [-0.2, 0) is 0 Å². The number of hydrogen-bond donors (Lipinski definition) is 1. The van der Waals surface area contributed by atoms with Crippen molar-refractivity contribution in [3.8, 4) is 5.88 Å². The van der Waals surface area contributed by atoms with E-state index in [1.54, 1.807) is 11.6 Å². The molecule has 0 radical (unpaired) electrons. The van der Waals surface area contributed by atoms with Gasteiger partial charge in [0.15, 0.2) is 0 Å². The van der Waals surface area contributed by atoms with Crippen LogP contribution in [0, 0.1) is 23.0 Å². The van der Waals surface area contributed by atoms with Gasteiger partial charge in [-0.05, 0) is 52.4 Å². The number of aliphatic hydroxyl groups excluding tert-OH is 1. The summed E-state index contributed by atoms with van der Waals surface area (Å²) in [7, 11) is 0. The van der Waals surface area contributed by atoms with E-state index in [-0.39, 0.29) is 30.3 Å². The van der Waals surface area contributed by atoms with E-state index in [0.29, 0.717) is 11.6 Å². The molecule has 0 aliphatic heterocycles. The number of rotatable bonds is 5. The zero-order valence-corrected chi connectivity index (χ0v) is 12.8. The monoisotopic (exact) mass is 297 g/mol. The van der Waals surface area contributed by atoms with E-state index in [2.05, 4.69) is 5.10 Å². The summed E-state index contributed by atoms with van der Waals surface area (Å²) in [6.45, 7) is 5.68. The van der Waals surface area contributed by atoms with Crippen molar-refractivity contribution in [3.63, 3.8) is 0 Å². The van der Waals surface area contributed by atoms with Crippen molar-refractivity contribution < 1.29 is 14.8 Å². The maximum atomic E-state index is 11.3. The molecule has 0 aromatic carbocycles. The third-order valence-corrected chi connectivity index (χ3v) is 4.01. The zero-order valence-electron chi connectivity index (χ0n) is 12.8. The van der Waals surface area contributed by atoms with Crippen molar-refractivity contribution in [1.29, 1.82) is 0 Å². The predicted octanol–water partition coefficient (Wildman–Crippen LogP) is 2.61. The van der Waals surface area contributed by atoms with E-state index in [9.17, 15) is 10.1 Å². The SMILES string of the molecule is Cc1nn(C(C)C)c(OC2CCC(CO)CC2)c1[N+](=O)[O-]. The molecule has 0 saturated heterocycles. The van der Waals surface area contributed by atoms with Gasteiger partial charge >= 0.3 is 5.69 Å². The Morgan fingerprint density at radius 2 is 2.05 bits per heavy atom. The molecule has 118 valence electrons. The molecule has 1 aliphatic carbocycles. The Morgan fingerprint density at radius 3 is 2.52 bits per heavy atom. The second-order valence-corrected chi connectivity index (χ2v) is 5.98. The van der Waals surface area contributed by atoms with Gasteiger partial charge in [-0.2, -0.15) is 5.10 Å². The van der Waals surface area contributed by atoms with E-state index in [1.165, 1.54) is 0 Å². The third-order valence-electron chi connectivity index (χ3n) is 4.01. The fraction of sp³-hybridized carbons (Fsp3) is 0.786. The summed E-state index contributed by atoms with van der Waals surface area (Å²) in [5.74, 6) is 0.594. The van der Waals surface area contributed by atoms with Gasteiger partial charge in [-0.15, -0.1) is 0 Å². The summed E-state index contributed by atoms with van der Waals surface area (Å²) in [4.78, 5) is 10.8. The van der Waals surface area contributed by atoms with E-state index < -0.39 is 4.92 Å². The Hall–Kier alpha value is -1.63. The minimum Gasteiger partial charge on any atom is -0.470 e. The van der Waals surface area contributed by atoms with Crippen molar-refractivity contribution >= 4 is 5.69 Å². The fourth-order valence-electron chi connectivity index (χ4n) is 2.78. The summed E-state index contributed by atoms with van der Waals surface area (Å²) in [6.07, 6.45) is 3.36. The van der Waals surface area contributed by atoms with Crippen LogP contribution in [-0.4, -0.2) is 32.5 Å². The van der Waals surface area contributed by atoms with E-state index in [1.807, 2.05) is 13.8 Å². The zero-order chi connectivity index (χ0) is 15.6. The van der Waals surface area contributed by atoms with Crippen LogP contribution in [0.25, 0.3) is 0 Å². The van der Waals surface area contributed by atoms with Gasteiger partial charge in [-0.1, -0.05) is 0 Å². The van der Waals surface area contributed by atoms with Crippen molar-refractivity contribution in [2.24, 2.45) is 5.92 Å². The van der Waals surface area contributed by atoms with Gasteiger partial charge in [0, 0.05) is 6.61 Å². The fourth-order valence-corrected chi connectivity index (χ4v) is 2.78. The first-order valence-corrected chi connectivity index (χ1v) is 7.45. The van der Waals surface area contributed by atoms with Gasteiger partial charge in [-0.25, -0.2) is 4.68 Å². The van der Waals surface area contributed by atoms with Crippen LogP contribution in [0.3, 0.4) is 0 Å². The molecule has 1 aromatic heterocycles. The van der Waals surface area contributed by atoms with Gasteiger partial charge in [-0.3, -0.25) is 10.1 Å². The molecule has 1 aliphatic rings. The molecule has 1 aromatic rings. The number of nitrogens with zero attached hydrogens (tertiary/aromatic N) is 3. The maximum Gasteiger partial charge on any atom is 0.353 e. The van der Waals surface area contributed by atoms with E-state index in [4.69, 9.17) is 9.84 Å². The number of hydrogen-bond acceptors (Lipinski definition) is 5. The molecule has 21 heavy (non-hydrogen) atoms. The lowest BCUT2D eigenvalue weighted by atomic mass is 9.88. The average Bonchev–Trinajstić information content (AvgIpc) is 2.76. The number of aromatic nitrogens is 2. The van der Waals surface area contributed by atoms with E-state index >= 15 is 0 Å². The lowest BCUT2D eigenvalue weighted by Crippen LogP contribution is -2.26. The highest BCUT2D eigenvalue weighted by Gasteiger charge is 2.31. The van der Waals surface area contributed by atoms with Crippen LogP contribution < -0.4 is 4.74 Å². The average molecular weight is 297 g/mol. The molecule has 1 heterocycles. The Kier molecular flexibility index (Phi) is 4.82. The molecule has 0 spiro atoms. The Morgan fingerprint density at radius 1 is 1.43 bits per heavy atom. The van der Waals surface area contributed by atoms with Crippen LogP contribution in [0.4, 0.5) is 5.69 Å². The first-order chi connectivity index (χ1) is 9.93. The highest BCUT2D eigenvalue weighted by molar-refractivity contribution is 5.46. The Labute approximate surface area is 124 Å². The minimum absolute atomic E-state index is 0.00109. The first kappa shape index (κ1) is 15.8. The first-order valence-electron chi connectivity index (χ1n) is 7.45. The lowest BCUT2D eigenvalue weighted by Gasteiger charge is -2.27. The van der Waals surface area contributed by atoms with Gasteiger partial charge < -0.3 is 9.84 Å². The molecule has 7 nitrogen and oxygen atoms in total. The molecule has 0 unspecified atom stereocenters. The standard InChI is InChI=1S/C14H23N3O4/c1-9(2)16-14(13(17(19)20)10(3)15-16)21-12-6-4-11(8-18)5-7-12/h9,11-12,18H,4-8H2,1-3H3. The molecule has 1 N–H and O–H groups in total. The van der Waals surface area contributed by atoms with E-state index in [0.717, 1.165) is 25.7 Å². The number of nitro groups is 1. The molecule has 0 atom stereocenters. The maximum absolute atomic E-state index is 11.3. The summed E-state index contributed by atoms with van der Waals surface area (Å²) in [5.41, 5.74) is 0.348. The predicted molar refractivity (Wildman–Crippen MR) is 77.5 cm³/mol. The molecule has 2 rings (SSSR count). The topological polar surface area (TPSA) is 90.4 Å². The summed E-state index contributed by atoms with van der Waals surface area (Å²) >= 11 is 0. The van der Waals surface area contributed by atoms with Crippen LogP contribution >= 0.6 is 0 Å². The number of aryl methyl sites for hydroxylation is 1. The minimum atomic E-state index is -0.421. The Balaban J connectivity index is 2.20. The highest BCUT2D eigenvalue weighted by Crippen LogP contribution is 2.36. The summed E-state index contributed by atoms with van der Waals surface area (Å²) in [6, 6.07) is 0.00109. The van der Waals surface area contributed by atoms with Crippen molar-refractivity contribution in [2.45, 2.75) is 58.6 Å². The molecule has 0 bridgehead atoms. The van der Waals surface area contributed by atoms with Crippen molar-refractivity contribution in [1.82, 2.24) is 9.78 Å². The largest absolute Gasteiger partial charge is 0.470 e. The second kappa shape index (κ2) is 6.43. The van der Waals surface area contributed by atoms with Crippen LogP contribution in [0.5, 0.6) is 5.88 Å². The summed E-state index contributed by atoms with van der Waals surface area (Å²) < 4.78 is 7.52. The normalized spacial score (nSPS) is 22.5. The van der Waals surface area contributed by atoms with Crippen LogP contribution in [0.15, 0.2) is 0 Å². The molecular formula is C14H23N3O4. The molecule has 7 heteroatoms. The molecule has 0 amide bonds. The quantitative estimate of drug-likeness (QED) is 0.666. The molecule has 1 fully saturated rings. The lowest BCUT2D eigenvalue weighted by molar-refractivity contribution is -0.386. The van der Waals surface area contributed by atoms with Crippen LogP contribution in [0.2, 0.25) is 0 Å². The molecular weight excluding hydrogens is 274 g/mol. The summed E-state index contributed by atoms with van der Waals surface area (Å²) in [5, 5.41) is 24.7. The number of ether oxygens (including phenoxy) is 1. The molecule has 1 saturated carbocycles. The van der Waals surface area contributed by atoms with Gasteiger partial charge in [0.25, 0.3) is 5.88 Å². The van der Waals surface area contributed by atoms with Gasteiger partial charge in [0.1, 0.15) is 11.8 Å². The van der Waals surface area contributed by atoms with Crippen LogP contribution in [0.1, 0.15) is 51.3 Å². The van der Waals surface area contributed by atoms with Gasteiger partial charge in [0.05, 0.1) is 11.0 Å². The van der Waals surface area contributed by atoms with Crippen molar-refractivity contribution in [2.75, 3.05) is 6.61 Å². The Bertz CT molecular complexity index is 505. The number of aliphatic hydroxyl groups is 1. The smallest absolute Gasteiger partial charge is 0.353 e. The van der Waals surface area contributed by atoms with Crippen molar-refractivity contribution in [3.05, 3.63) is 15.8 Å². The second-order valence-electron chi connectivity index (χ2n) is 5.98. The highest BCUT2D eigenvalue weighted by atomic mass is 16.6. The third kappa shape index (κ3) is 3.34.